The fourth-order valence-corrected chi connectivity index (χ4v) is 3.48. The van der Waals surface area contributed by atoms with Crippen molar-refractivity contribution < 1.29 is 9.50 Å². The molecule has 0 bridgehead atoms. The van der Waals surface area contributed by atoms with Gasteiger partial charge in [0.15, 0.2) is 0 Å². The van der Waals surface area contributed by atoms with Crippen molar-refractivity contribution in [2.45, 2.75) is 32.8 Å². The van der Waals surface area contributed by atoms with E-state index in [-0.39, 0.29) is 11.7 Å². The highest BCUT2D eigenvalue weighted by Crippen LogP contribution is 2.34. The highest BCUT2D eigenvalue weighted by molar-refractivity contribution is 6.30. The third-order valence-corrected chi connectivity index (χ3v) is 5.01. The number of benzene rings is 1. The van der Waals surface area contributed by atoms with Crippen LogP contribution >= 0.6 is 11.6 Å². The zero-order valence-corrected chi connectivity index (χ0v) is 18.3. The number of hydrogen-bond acceptors (Lipinski definition) is 5. The molecule has 30 heavy (non-hydrogen) atoms. The number of hydrogen-bond donors (Lipinski definition) is 2. The lowest BCUT2D eigenvalue weighted by Gasteiger charge is -2.24. The zero-order chi connectivity index (χ0) is 21.8. The van der Waals surface area contributed by atoms with E-state index < -0.39 is 6.10 Å². The van der Waals surface area contributed by atoms with Gasteiger partial charge in [-0.2, -0.15) is 0 Å². The van der Waals surface area contributed by atoms with E-state index in [2.05, 4.69) is 29.1 Å². The molecule has 1 atom stereocenters. The van der Waals surface area contributed by atoms with E-state index >= 15 is 0 Å². The smallest absolute Gasteiger partial charge is 0.132 e. The van der Waals surface area contributed by atoms with Crippen LogP contribution in [0, 0.1) is 5.82 Å². The summed E-state index contributed by atoms with van der Waals surface area (Å²) >= 11 is 6.07. The Morgan fingerprint density at radius 1 is 1.13 bits per heavy atom. The van der Waals surface area contributed by atoms with E-state index in [1.807, 2.05) is 24.1 Å². The maximum absolute atomic E-state index is 14.4. The molecule has 0 spiro atoms. The molecule has 1 aromatic carbocycles. The first-order valence-electron chi connectivity index (χ1n) is 9.82. The molecule has 0 aliphatic heterocycles. The Labute approximate surface area is 181 Å². The predicted molar refractivity (Wildman–Crippen MR) is 121 cm³/mol. The average molecular weight is 429 g/mol. The van der Waals surface area contributed by atoms with E-state index in [1.165, 1.54) is 12.1 Å². The second kappa shape index (κ2) is 9.41. The first-order chi connectivity index (χ1) is 14.3. The number of nitrogens with zero attached hydrogens (tertiary/aromatic N) is 3. The monoisotopic (exact) mass is 428 g/mol. The summed E-state index contributed by atoms with van der Waals surface area (Å²) in [6, 6.07) is 8.14. The second-order valence-electron chi connectivity index (χ2n) is 7.68. The molecular weight excluding hydrogens is 403 g/mol. The van der Waals surface area contributed by atoms with Gasteiger partial charge in [0, 0.05) is 42.3 Å². The molecule has 0 saturated heterocycles. The molecule has 0 amide bonds. The first-order valence-corrected chi connectivity index (χ1v) is 10.2. The second-order valence-corrected chi connectivity index (χ2v) is 8.12. The summed E-state index contributed by atoms with van der Waals surface area (Å²) in [5.74, 6) is -0.171. The summed E-state index contributed by atoms with van der Waals surface area (Å²) in [7, 11) is 1.90. The van der Waals surface area contributed by atoms with Crippen LogP contribution in [0.1, 0.15) is 32.3 Å². The quantitative estimate of drug-likeness (QED) is 0.511. The lowest BCUT2D eigenvalue weighted by atomic mass is 10.0. The van der Waals surface area contributed by atoms with Crippen LogP contribution < -0.4 is 10.2 Å². The zero-order valence-electron chi connectivity index (χ0n) is 17.5. The molecule has 0 radical (unpaired) electrons. The number of anilines is 3. The van der Waals surface area contributed by atoms with Gasteiger partial charge in [-0.05, 0) is 48.7 Å². The largest absolute Gasteiger partial charge is 0.392 e. The molecule has 2 heterocycles. The normalized spacial score (nSPS) is 12.1. The minimum atomic E-state index is -0.479. The summed E-state index contributed by atoms with van der Waals surface area (Å²) in [4.78, 5) is 10.6. The third kappa shape index (κ3) is 5.07. The van der Waals surface area contributed by atoms with Gasteiger partial charge in [-0.15, -0.1) is 0 Å². The predicted octanol–water partition coefficient (Wildman–Crippen LogP) is 5.62. The van der Waals surface area contributed by atoms with E-state index in [0.717, 1.165) is 22.6 Å². The van der Waals surface area contributed by atoms with E-state index in [4.69, 9.17) is 11.6 Å². The van der Waals surface area contributed by atoms with Gasteiger partial charge in [0.05, 0.1) is 29.4 Å². The summed E-state index contributed by atoms with van der Waals surface area (Å²) in [5.41, 5.74) is 4.35. The van der Waals surface area contributed by atoms with Crippen molar-refractivity contribution in [3.63, 3.8) is 0 Å². The molecule has 7 heteroatoms. The number of rotatable bonds is 7. The molecule has 2 N–H and O–H groups in total. The van der Waals surface area contributed by atoms with Gasteiger partial charge < -0.3 is 15.3 Å². The van der Waals surface area contributed by atoms with Crippen LogP contribution in [0.4, 0.5) is 21.5 Å². The van der Waals surface area contributed by atoms with Crippen LogP contribution in [-0.4, -0.2) is 34.8 Å². The summed E-state index contributed by atoms with van der Waals surface area (Å²) in [5, 5.41) is 13.7. The highest BCUT2D eigenvalue weighted by atomic mass is 35.5. The maximum Gasteiger partial charge on any atom is 0.132 e. The van der Waals surface area contributed by atoms with Gasteiger partial charge in [0.2, 0.25) is 0 Å². The van der Waals surface area contributed by atoms with Crippen LogP contribution in [-0.2, 0) is 0 Å². The van der Waals surface area contributed by atoms with Gasteiger partial charge in [0.1, 0.15) is 5.82 Å². The van der Waals surface area contributed by atoms with Crippen LogP contribution in [0.2, 0.25) is 5.02 Å². The summed E-state index contributed by atoms with van der Waals surface area (Å²) < 4.78 is 14.4. The molecule has 158 valence electrons. The van der Waals surface area contributed by atoms with Crippen molar-refractivity contribution in [2.24, 2.45) is 0 Å². The Kier molecular flexibility index (Phi) is 6.90. The molecule has 3 aromatic rings. The van der Waals surface area contributed by atoms with Crippen molar-refractivity contribution in [1.29, 1.82) is 0 Å². The fourth-order valence-electron chi connectivity index (χ4n) is 3.31. The first kappa shape index (κ1) is 22.0. The fraction of sp³-hybridized carbons (Fsp3) is 0.304. The Balaban J connectivity index is 2.05. The number of aliphatic hydroxyl groups excluding tert-OH is 1. The van der Waals surface area contributed by atoms with Gasteiger partial charge in [-0.25, -0.2) is 4.39 Å². The van der Waals surface area contributed by atoms with Crippen molar-refractivity contribution in [1.82, 2.24) is 9.97 Å². The lowest BCUT2D eigenvalue weighted by molar-refractivity contribution is 0.201. The minimum absolute atomic E-state index is 0.207. The maximum atomic E-state index is 14.4. The Morgan fingerprint density at radius 3 is 2.60 bits per heavy atom. The van der Waals surface area contributed by atoms with Gasteiger partial charge in [-0.3, -0.25) is 9.97 Å². The molecule has 0 fully saturated rings. The van der Waals surface area contributed by atoms with E-state index in [9.17, 15) is 9.50 Å². The van der Waals surface area contributed by atoms with Crippen LogP contribution in [0.3, 0.4) is 0 Å². The summed E-state index contributed by atoms with van der Waals surface area (Å²) in [6.07, 6.45) is 4.74. The number of aromatic nitrogens is 2. The summed E-state index contributed by atoms with van der Waals surface area (Å²) in [6.45, 7) is 6.36. The highest BCUT2D eigenvalue weighted by Gasteiger charge is 2.16. The number of halogens is 2. The number of likely N-dealkylation sites (N-methyl/N-ethyl adjacent to an activating group) is 1. The average Bonchev–Trinajstić information content (AvgIpc) is 2.69. The van der Waals surface area contributed by atoms with Crippen molar-refractivity contribution in [3.8, 4) is 11.3 Å². The number of nitrogens with one attached hydrogen (secondary N) is 1. The standard InChI is InChI=1S/C23H26ClFN4O/c1-14(2)18-11-27-21(17-9-16(24)5-6-19(17)25)10-22(18)28-20-7-8-26-12-23(20)29(4)13-15(3)30/h5-12,14-15,30H,13H2,1-4H3,(H,26,27,28)/t15-/m0/s1. The van der Waals surface area contributed by atoms with Crippen molar-refractivity contribution >= 4 is 28.7 Å². The minimum Gasteiger partial charge on any atom is -0.392 e. The van der Waals surface area contributed by atoms with Crippen molar-refractivity contribution in [3.05, 3.63) is 65.3 Å². The van der Waals surface area contributed by atoms with Gasteiger partial charge in [-0.1, -0.05) is 25.4 Å². The lowest BCUT2D eigenvalue weighted by Crippen LogP contribution is -2.27. The molecule has 0 unspecified atom stereocenters. The molecule has 5 nitrogen and oxygen atoms in total. The number of pyridine rings is 2. The van der Waals surface area contributed by atoms with Gasteiger partial charge in [0.25, 0.3) is 0 Å². The Bertz CT molecular complexity index is 1030. The molecule has 0 aliphatic carbocycles. The number of aliphatic hydroxyl groups is 1. The van der Waals surface area contributed by atoms with Crippen LogP contribution in [0.5, 0.6) is 0 Å². The van der Waals surface area contributed by atoms with Crippen LogP contribution in [0.25, 0.3) is 11.3 Å². The Morgan fingerprint density at radius 2 is 1.90 bits per heavy atom. The van der Waals surface area contributed by atoms with Gasteiger partial charge >= 0.3 is 0 Å². The van der Waals surface area contributed by atoms with Crippen LogP contribution in [0.15, 0.2) is 48.9 Å². The topological polar surface area (TPSA) is 61.3 Å². The Hall–Kier alpha value is -2.70. The van der Waals surface area contributed by atoms with E-state index in [0.29, 0.717) is 22.8 Å². The third-order valence-electron chi connectivity index (χ3n) is 4.78. The SMILES string of the molecule is CC(C)c1cnc(-c2cc(Cl)ccc2F)cc1Nc1ccncc1N(C)C[C@H](C)O. The molecule has 3 rings (SSSR count). The molecule has 0 aliphatic rings. The van der Waals surface area contributed by atoms with Crippen molar-refractivity contribution in [2.75, 3.05) is 23.8 Å². The molecule has 0 saturated carbocycles. The molecular formula is C23H26ClFN4O. The molecule has 2 aromatic heterocycles. The van der Waals surface area contributed by atoms with E-state index in [1.54, 1.807) is 31.6 Å².